The quantitative estimate of drug-likeness (QED) is 0.556. The van der Waals surface area contributed by atoms with E-state index in [1.165, 1.54) is 17.4 Å². The van der Waals surface area contributed by atoms with Gasteiger partial charge in [-0.1, -0.05) is 12.1 Å². The highest BCUT2D eigenvalue weighted by Crippen LogP contribution is 2.24. The minimum absolute atomic E-state index is 0.124. The number of aryl methyl sites for hydroxylation is 2. The largest absolute Gasteiger partial charge is 0.487 e. The second-order valence-electron chi connectivity index (χ2n) is 6.28. The molecule has 8 heteroatoms. The second-order valence-corrected chi connectivity index (χ2v) is 7.23. The Morgan fingerprint density at radius 2 is 2.11 bits per heavy atom. The zero-order valence-corrected chi connectivity index (χ0v) is 16.1. The molecule has 0 radical (unpaired) electrons. The molecular formula is C20H17N3O4S. The van der Waals surface area contributed by atoms with E-state index in [4.69, 9.17) is 9.26 Å². The van der Waals surface area contributed by atoms with Crippen molar-refractivity contribution in [3.8, 4) is 5.75 Å². The van der Waals surface area contributed by atoms with Crippen LogP contribution in [-0.4, -0.2) is 15.5 Å². The zero-order chi connectivity index (χ0) is 19.7. The molecule has 1 amide bonds. The van der Waals surface area contributed by atoms with Crippen LogP contribution in [0.4, 0.5) is 5.69 Å². The summed E-state index contributed by atoms with van der Waals surface area (Å²) in [6.07, 6.45) is 0. The van der Waals surface area contributed by atoms with E-state index < -0.39 is 0 Å². The molecule has 28 heavy (non-hydrogen) atoms. The third-order valence-electron chi connectivity index (χ3n) is 4.09. The topological polar surface area (TPSA) is 85.8 Å². The maximum Gasteiger partial charge on any atom is 0.287 e. The number of amides is 1. The predicted molar refractivity (Wildman–Crippen MR) is 106 cm³/mol. The summed E-state index contributed by atoms with van der Waals surface area (Å²) in [5, 5.41) is 4.71. The smallest absolute Gasteiger partial charge is 0.287 e. The maximum atomic E-state index is 12.2. The molecular weight excluding hydrogens is 378 g/mol. The van der Waals surface area contributed by atoms with Gasteiger partial charge in [0, 0.05) is 23.9 Å². The number of benzene rings is 1. The van der Waals surface area contributed by atoms with Crippen molar-refractivity contribution in [2.75, 3.05) is 5.32 Å². The van der Waals surface area contributed by atoms with Crippen LogP contribution < -0.4 is 15.6 Å². The highest BCUT2D eigenvalue weighted by molar-refractivity contribution is 7.12. The highest BCUT2D eigenvalue weighted by atomic mass is 32.1. The highest BCUT2D eigenvalue weighted by Gasteiger charge is 2.10. The fourth-order valence-electron chi connectivity index (χ4n) is 2.73. The molecule has 0 aliphatic rings. The van der Waals surface area contributed by atoms with Crippen LogP contribution in [0.3, 0.4) is 0 Å². The maximum absolute atomic E-state index is 12.2. The van der Waals surface area contributed by atoms with E-state index in [0.717, 1.165) is 10.1 Å². The summed E-state index contributed by atoms with van der Waals surface area (Å²) in [6, 6.07) is 12.1. The first-order valence-electron chi connectivity index (χ1n) is 8.57. The van der Waals surface area contributed by atoms with Gasteiger partial charge in [0.2, 0.25) is 0 Å². The summed E-state index contributed by atoms with van der Waals surface area (Å²) >= 11 is 1.38. The van der Waals surface area contributed by atoms with Gasteiger partial charge >= 0.3 is 0 Å². The van der Waals surface area contributed by atoms with Crippen molar-refractivity contribution < 1.29 is 14.1 Å². The van der Waals surface area contributed by atoms with Crippen molar-refractivity contribution in [2.24, 2.45) is 0 Å². The van der Waals surface area contributed by atoms with E-state index in [-0.39, 0.29) is 18.1 Å². The number of hydrogen-bond donors (Lipinski definition) is 1. The molecule has 1 aromatic carbocycles. The summed E-state index contributed by atoms with van der Waals surface area (Å²) in [4.78, 5) is 29.3. The van der Waals surface area contributed by atoms with Crippen LogP contribution in [0.5, 0.6) is 5.75 Å². The van der Waals surface area contributed by atoms with Crippen molar-refractivity contribution >= 4 is 28.6 Å². The summed E-state index contributed by atoms with van der Waals surface area (Å²) in [7, 11) is 0. The number of nitrogens with one attached hydrogen (secondary N) is 1. The number of ether oxygens (including phenoxy) is 1. The van der Waals surface area contributed by atoms with Gasteiger partial charge in [0.15, 0.2) is 5.65 Å². The lowest BCUT2D eigenvalue weighted by molar-refractivity contribution is 0.103. The van der Waals surface area contributed by atoms with Gasteiger partial charge < -0.3 is 14.6 Å². The fraction of sp³-hybridized carbons (Fsp3) is 0.150. The van der Waals surface area contributed by atoms with Gasteiger partial charge in [-0.05, 0) is 36.9 Å². The molecule has 7 nitrogen and oxygen atoms in total. The molecule has 0 aliphatic carbocycles. The van der Waals surface area contributed by atoms with Crippen LogP contribution in [0, 0.1) is 13.8 Å². The van der Waals surface area contributed by atoms with Crippen LogP contribution >= 0.6 is 11.3 Å². The SMILES string of the molecule is Cc1cc2nc(COc3cc(NC(=O)c4cccs4)ccc3C)cc(=O)n2o1. The lowest BCUT2D eigenvalue weighted by Gasteiger charge is -2.11. The van der Waals surface area contributed by atoms with Gasteiger partial charge in [-0.25, -0.2) is 4.98 Å². The lowest BCUT2D eigenvalue weighted by Crippen LogP contribution is -2.14. The number of aromatic nitrogens is 2. The van der Waals surface area contributed by atoms with Crippen LogP contribution in [0.15, 0.2) is 57.2 Å². The summed E-state index contributed by atoms with van der Waals surface area (Å²) < 4.78 is 12.3. The molecule has 0 fully saturated rings. The number of rotatable bonds is 5. The standard InChI is InChI=1S/C20H17N3O4S/c1-12-5-6-14(22-20(25)17-4-3-7-28-17)9-16(12)26-11-15-10-19(24)23-18(21-15)8-13(2)27-23/h3-10H,11H2,1-2H3,(H,22,25). The molecule has 3 aromatic heterocycles. The number of thiophene rings is 1. The van der Waals surface area contributed by atoms with Gasteiger partial charge in [0.25, 0.3) is 11.5 Å². The molecule has 0 bridgehead atoms. The third kappa shape index (κ3) is 3.67. The normalized spacial score (nSPS) is 10.9. The molecule has 4 rings (SSSR count). The molecule has 0 aliphatic heterocycles. The monoisotopic (exact) mass is 395 g/mol. The molecule has 0 spiro atoms. The molecule has 142 valence electrons. The van der Waals surface area contributed by atoms with Gasteiger partial charge in [0.05, 0.1) is 10.6 Å². The second kappa shape index (κ2) is 7.32. The Bertz CT molecular complexity index is 1210. The van der Waals surface area contributed by atoms with Crippen molar-refractivity contribution in [1.29, 1.82) is 0 Å². The first-order valence-corrected chi connectivity index (χ1v) is 9.45. The van der Waals surface area contributed by atoms with E-state index >= 15 is 0 Å². The average molecular weight is 395 g/mol. The van der Waals surface area contributed by atoms with Crippen LogP contribution in [0.2, 0.25) is 0 Å². The predicted octanol–water partition coefficient (Wildman–Crippen LogP) is 3.80. The third-order valence-corrected chi connectivity index (χ3v) is 4.96. The van der Waals surface area contributed by atoms with E-state index in [2.05, 4.69) is 10.3 Å². The summed E-state index contributed by atoms with van der Waals surface area (Å²) in [5.74, 6) is 1.04. The van der Waals surface area contributed by atoms with Crippen LogP contribution in [-0.2, 0) is 6.61 Å². The van der Waals surface area contributed by atoms with Crippen molar-refractivity contribution in [1.82, 2.24) is 9.56 Å². The Morgan fingerprint density at radius 3 is 2.89 bits per heavy atom. The Balaban J connectivity index is 1.51. The lowest BCUT2D eigenvalue weighted by atomic mass is 10.2. The Hall–Kier alpha value is -3.39. The van der Waals surface area contributed by atoms with Gasteiger partial charge in [-0.3, -0.25) is 9.59 Å². The van der Waals surface area contributed by atoms with E-state index in [1.807, 2.05) is 30.5 Å². The van der Waals surface area contributed by atoms with E-state index in [0.29, 0.717) is 33.4 Å². The number of nitrogens with zero attached hydrogens (tertiary/aromatic N) is 2. The number of hydrogen-bond acceptors (Lipinski definition) is 6. The van der Waals surface area contributed by atoms with Crippen LogP contribution in [0.25, 0.3) is 5.65 Å². The summed E-state index contributed by atoms with van der Waals surface area (Å²) in [6.45, 7) is 3.79. The number of carbonyl (C=O) groups excluding carboxylic acids is 1. The van der Waals surface area contributed by atoms with Gasteiger partial charge in [-0.2, -0.15) is 0 Å². The fourth-order valence-corrected chi connectivity index (χ4v) is 3.35. The Labute approximate surface area is 164 Å². The molecule has 3 heterocycles. The van der Waals surface area contributed by atoms with Gasteiger partial charge in [-0.15, -0.1) is 15.9 Å². The molecule has 0 unspecified atom stereocenters. The summed E-state index contributed by atoms with van der Waals surface area (Å²) in [5.41, 5.74) is 2.18. The number of carbonyl (C=O) groups is 1. The minimum Gasteiger partial charge on any atom is -0.487 e. The Morgan fingerprint density at radius 1 is 1.25 bits per heavy atom. The zero-order valence-electron chi connectivity index (χ0n) is 15.3. The first-order chi connectivity index (χ1) is 13.5. The molecule has 4 aromatic rings. The van der Waals surface area contributed by atoms with Crippen molar-refractivity contribution in [3.05, 3.63) is 80.1 Å². The first kappa shape index (κ1) is 18.0. The number of anilines is 1. The van der Waals surface area contributed by atoms with Crippen molar-refractivity contribution in [2.45, 2.75) is 20.5 Å². The molecule has 0 saturated heterocycles. The van der Waals surface area contributed by atoms with Crippen LogP contribution in [0.1, 0.15) is 26.7 Å². The van der Waals surface area contributed by atoms with E-state index in [9.17, 15) is 9.59 Å². The molecule has 0 saturated carbocycles. The Kier molecular flexibility index (Phi) is 4.70. The minimum atomic E-state index is -0.301. The van der Waals surface area contributed by atoms with Crippen molar-refractivity contribution in [3.63, 3.8) is 0 Å². The average Bonchev–Trinajstić information content (AvgIpc) is 3.31. The number of fused-ring (bicyclic) bond motifs is 1. The van der Waals surface area contributed by atoms with Gasteiger partial charge in [0.1, 0.15) is 18.1 Å². The molecule has 0 atom stereocenters. The van der Waals surface area contributed by atoms with E-state index in [1.54, 1.807) is 25.1 Å². The molecule has 1 N–H and O–H groups in total.